The quantitative estimate of drug-likeness (QED) is 0.597. The van der Waals surface area contributed by atoms with Crippen LogP contribution in [0.5, 0.6) is 0 Å². The monoisotopic (exact) mass is 203 g/mol. The Morgan fingerprint density at radius 2 is 1.86 bits per heavy atom. The second-order valence-corrected chi connectivity index (χ2v) is 3.94. The van der Waals surface area contributed by atoms with Gasteiger partial charge in [-0.1, -0.05) is 13.8 Å². The summed E-state index contributed by atoms with van der Waals surface area (Å²) in [5, 5.41) is 19.1. The first-order chi connectivity index (χ1) is 6.65. The molecule has 0 aliphatic carbocycles. The molecule has 1 saturated heterocycles. The van der Waals surface area contributed by atoms with Crippen molar-refractivity contribution in [2.45, 2.75) is 51.0 Å². The normalized spacial score (nSPS) is 43.9. The van der Waals surface area contributed by atoms with Crippen molar-refractivity contribution < 1.29 is 14.9 Å². The second-order valence-electron chi connectivity index (χ2n) is 3.94. The van der Waals surface area contributed by atoms with Gasteiger partial charge in [0.05, 0.1) is 31.0 Å². The van der Waals surface area contributed by atoms with Gasteiger partial charge in [-0.25, -0.2) is 0 Å². The first-order valence-electron chi connectivity index (χ1n) is 5.35. The standard InChI is InChI=1S/C10H21NO3/c1-3-6-8(5-12)14-7(4-2)9(11)10(6)13/h6-10,12-13H,3-5,11H2,1-2H3/t6-,7+,8?,9?,10+/m0/s1. The summed E-state index contributed by atoms with van der Waals surface area (Å²) in [4.78, 5) is 0. The molecule has 0 amide bonds. The molecule has 2 unspecified atom stereocenters. The molecular weight excluding hydrogens is 182 g/mol. The largest absolute Gasteiger partial charge is 0.394 e. The zero-order valence-corrected chi connectivity index (χ0v) is 8.89. The lowest BCUT2D eigenvalue weighted by molar-refractivity contribution is -0.161. The van der Waals surface area contributed by atoms with E-state index in [2.05, 4.69) is 0 Å². The lowest BCUT2D eigenvalue weighted by atomic mass is 9.83. The van der Waals surface area contributed by atoms with Gasteiger partial charge in [0.15, 0.2) is 0 Å². The number of ether oxygens (including phenoxy) is 1. The van der Waals surface area contributed by atoms with Gasteiger partial charge in [0, 0.05) is 5.92 Å². The van der Waals surface area contributed by atoms with Gasteiger partial charge in [0.2, 0.25) is 0 Å². The van der Waals surface area contributed by atoms with Crippen LogP contribution >= 0.6 is 0 Å². The SMILES string of the molecule is CC[C@H]1OC(CO)[C@H](CC)[C@@H](O)C1N. The summed E-state index contributed by atoms with van der Waals surface area (Å²) in [5.74, 6) is -0.0437. The third kappa shape index (κ3) is 2.08. The number of aliphatic hydroxyl groups excluding tert-OH is 2. The summed E-state index contributed by atoms with van der Waals surface area (Å²) >= 11 is 0. The van der Waals surface area contributed by atoms with Gasteiger partial charge in [-0.05, 0) is 12.8 Å². The van der Waals surface area contributed by atoms with Crippen molar-refractivity contribution in [3.05, 3.63) is 0 Å². The molecule has 5 atom stereocenters. The fraction of sp³-hybridized carbons (Fsp3) is 1.00. The van der Waals surface area contributed by atoms with Crippen LogP contribution in [0.15, 0.2) is 0 Å². The molecule has 0 radical (unpaired) electrons. The number of nitrogens with two attached hydrogens (primary N) is 1. The Morgan fingerprint density at radius 1 is 1.21 bits per heavy atom. The Kier molecular flexibility index (Phi) is 4.31. The van der Waals surface area contributed by atoms with E-state index in [-0.39, 0.29) is 30.8 Å². The Bertz CT molecular complexity index is 175. The third-order valence-electron chi connectivity index (χ3n) is 3.14. The van der Waals surface area contributed by atoms with E-state index < -0.39 is 6.10 Å². The molecule has 4 nitrogen and oxygen atoms in total. The minimum absolute atomic E-state index is 0.0429. The molecule has 1 aliphatic heterocycles. The van der Waals surface area contributed by atoms with Crippen LogP contribution < -0.4 is 5.73 Å². The summed E-state index contributed by atoms with van der Waals surface area (Å²) < 4.78 is 5.64. The first kappa shape index (κ1) is 11.9. The van der Waals surface area contributed by atoms with Crippen LogP contribution in [0.2, 0.25) is 0 Å². The zero-order valence-electron chi connectivity index (χ0n) is 8.89. The average molecular weight is 203 g/mol. The maximum Gasteiger partial charge on any atom is 0.0863 e. The van der Waals surface area contributed by atoms with Crippen LogP contribution in [0.3, 0.4) is 0 Å². The maximum absolute atomic E-state index is 9.92. The fourth-order valence-electron chi connectivity index (χ4n) is 2.19. The van der Waals surface area contributed by atoms with Crippen molar-refractivity contribution in [2.24, 2.45) is 11.7 Å². The minimum atomic E-state index is -0.559. The van der Waals surface area contributed by atoms with Crippen LogP contribution in [-0.4, -0.2) is 41.2 Å². The van der Waals surface area contributed by atoms with Crippen LogP contribution in [-0.2, 0) is 4.74 Å². The predicted octanol–water partition coefficient (Wildman–Crippen LogP) is -0.130. The Labute approximate surface area is 85.1 Å². The van der Waals surface area contributed by atoms with Gasteiger partial charge in [-0.3, -0.25) is 0 Å². The molecule has 0 aromatic rings. The summed E-state index contributed by atoms with van der Waals surface area (Å²) in [6.45, 7) is 3.90. The molecule has 4 heteroatoms. The molecule has 0 spiro atoms. The number of aliphatic hydroxyl groups is 2. The smallest absolute Gasteiger partial charge is 0.0863 e. The van der Waals surface area contributed by atoms with Crippen molar-refractivity contribution in [1.29, 1.82) is 0 Å². The van der Waals surface area contributed by atoms with E-state index in [4.69, 9.17) is 15.6 Å². The molecule has 1 fully saturated rings. The van der Waals surface area contributed by atoms with Gasteiger partial charge in [-0.15, -0.1) is 0 Å². The highest BCUT2D eigenvalue weighted by Gasteiger charge is 2.41. The van der Waals surface area contributed by atoms with E-state index in [0.29, 0.717) is 0 Å². The predicted molar refractivity (Wildman–Crippen MR) is 53.8 cm³/mol. The van der Waals surface area contributed by atoms with Crippen molar-refractivity contribution >= 4 is 0 Å². The molecule has 4 N–H and O–H groups in total. The number of hydrogen-bond donors (Lipinski definition) is 3. The second kappa shape index (κ2) is 5.07. The van der Waals surface area contributed by atoms with Crippen LogP contribution in [0.1, 0.15) is 26.7 Å². The first-order valence-corrected chi connectivity index (χ1v) is 5.35. The van der Waals surface area contributed by atoms with Gasteiger partial charge in [0.25, 0.3) is 0 Å². The van der Waals surface area contributed by atoms with E-state index in [1.807, 2.05) is 13.8 Å². The molecule has 1 aliphatic rings. The average Bonchev–Trinajstić information content (AvgIpc) is 2.21. The highest BCUT2D eigenvalue weighted by Crippen LogP contribution is 2.28. The van der Waals surface area contributed by atoms with Crippen molar-refractivity contribution in [1.82, 2.24) is 0 Å². The molecule has 0 saturated carbocycles. The summed E-state index contributed by atoms with van der Waals surface area (Å²) in [7, 11) is 0. The summed E-state index contributed by atoms with van der Waals surface area (Å²) in [5.41, 5.74) is 5.86. The lowest BCUT2D eigenvalue weighted by Gasteiger charge is -2.42. The van der Waals surface area contributed by atoms with Gasteiger partial charge < -0.3 is 20.7 Å². The van der Waals surface area contributed by atoms with E-state index in [1.54, 1.807) is 0 Å². The van der Waals surface area contributed by atoms with Crippen LogP contribution in [0, 0.1) is 5.92 Å². The molecular formula is C10H21NO3. The van der Waals surface area contributed by atoms with Crippen LogP contribution in [0.25, 0.3) is 0 Å². The zero-order chi connectivity index (χ0) is 10.7. The van der Waals surface area contributed by atoms with E-state index in [9.17, 15) is 5.11 Å². The Balaban J connectivity index is 2.71. The van der Waals surface area contributed by atoms with E-state index in [1.165, 1.54) is 0 Å². The topological polar surface area (TPSA) is 75.7 Å². The molecule has 0 aromatic carbocycles. The number of hydrogen-bond acceptors (Lipinski definition) is 4. The van der Waals surface area contributed by atoms with E-state index >= 15 is 0 Å². The third-order valence-corrected chi connectivity index (χ3v) is 3.14. The van der Waals surface area contributed by atoms with Gasteiger partial charge >= 0.3 is 0 Å². The summed E-state index contributed by atoms with van der Waals surface area (Å²) in [6.07, 6.45) is 0.586. The van der Waals surface area contributed by atoms with Crippen molar-refractivity contribution in [3.8, 4) is 0 Å². The maximum atomic E-state index is 9.92. The van der Waals surface area contributed by atoms with Crippen LogP contribution in [0.4, 0.5) is 0 Å². The van der Waals surface area contributed by atoms with E-state index in [0.717, 1.165) is 12.8 Å². The lowest BCUT2D eigenvalue weighted by Crippen LogP contribution is -2.58. The molecule has 0 aromatic heterocycles. The molecule has 1 rings (SSSR count). The fourth-order valence-corrected chi connectivity index (χ4v) is 2.19. The van der Waals surface area contributed by atoms with Crippen molar-refractivity contribution in [3.63, 3.8) is 0 Å². The number of rotatable bonds is 3. The van der Waals surface area contributed by atoms with Gasteiger partial charge in [0.1, 0.15) is 0 Å². The summed E-state index contributed by atoms with van der Waals surface area (Å²) in [6, 6.07) is -0.326. The minimum Gasteiger partial charge on any atom is -0.394 e. The Morgan fingerprint density at radius 3 is 2.29 bits per heavy atom. The highest BCUT2D eigenvalue weighted by atomic mass is 16.5. The van der Waals surface area contributed by atoms with Crippen molar-refractivity contribution in [2.75, 3.05) is 6.61 Å². The molecule has 1 heterocycles. The molecule has 0 bridgehead atoms. The van der Waals surface area contributed by atoms with Gasteiger partial charge in [-0.2, -0.15) is 0 Å². The highest BCUT2D eigenvalue weighted by molar-refractivity contribution is 4.93. The Hall–Kier alpha value is -0.160. The molecule has 84 valence electrons. The molecule has 14 heavy (non-hydrogen) atoms.